The Morgan fingerprint density at radius 1 is 0.739 bits per heavy atom. The van der Waals surface area contributed by atoms with Crippen LogP contribution in [0.15, 0.2) is 73.1 Å². The molecule has 0 saturated carbocycles. The van der Waals surface area contributed by atoms with Crippen LogP contribution in [0.5, 0.6) is 0 Å². The Morgan fingerprint density at radius 3 is 2.35 bits per heavy atom. The lowest BCUT2D eigenvalue weighted by atomic mass is 10.0. The van der Waals surface area contributed by atoms with E-state index in [0.717, 1.165) is 27.6 Å². The van der Waals surface area contributed by atoms with E-state index in [-0.39, 0.29) is 0 Å². The molecule has 2 N–H and O–H groups in total. The largest absolute Gasteiger partial charge is 0.383 e. The molecule has 0 aliphatic rings. The lowest BCUT2D eigenvalue weighted by Crippen LogP contribution is -1.99. The summed E-state index contributed by atoms with van der Waals surface area (Å²) in [5.41, 5.74) is 10.0. The molecule has 110 valence electrons. The van der Waals surface area contributed by atoms with Gasteiger partial charge in [0.2, 0.25) is 0 Å². The Morgan fingerprint density at radius 2 is 1.57 bits per heavy atom. The first kappa shape index (κ1) is 13.4. The molecule has 0 unspecified atom stereocenters. The number of fused-ring (bicyclic) bond motifs is 1. The summed E-state index contributed by atoms with van der Waals surface area (Å²) < 4.78 is 0. The Hall–Kier alpha value is -3.27. The number of anilines is 1. The van der Waals surface area contributed by atoms with Gasteiger partial charge in [0.25, 0.3) is 0 Å². The molecule has 0 bridgehead atoms. The van der Waals surface area contributed by atoms with Crippen LogP contribution in [0.2, 0.25) is 0 Å². The number of nitrogens with zero attached hydrogens (tertiary/aromatic N) is 3. The first-order chi connectivity index (χ1) is 11.3. The molecule has 2 aromatic carbocycles. The zero-order valence-electron chi connectivity index (χ0n) is 12.3. The van der Waals surface area contributed by atoms with E-state index in [2.05, 4.69) is 28.2 Å². The molecule has 0 radical (unpaired) electrons. The lowest BCUT2D eigenvalue weighted by Gasteiger charge is -2.09. The normalized spacial score (nSPS) is 10.8. The number of aromatic nitrogens is 3. The van der Waals surface area contributed by atoms with Crippen molar-refractivity contribution in [2.24, 2.45) is 0 Å². The highest BCUT2D eigenvalue weighted by molar-refractivity contribution is 5.99. The van der Waals surface area contributed by atoms with Crippen molar-refractivity contribution in [3.8, 4) is 22.5 Å². The molecule has 2 aromatic heterocycles. The highest BCUT2D eigenvalue weighted by Gasteiger charge is 2.11. The SMILES string of the molecule is Nc1nc(-c2cccnc2)nc2c(-c3ccccc3)cccc12. The molecule has 4 rings (SSSR count). The van der Waals surface area contributed by atoms with Gasteiger partial charge in [0.1, 0.15) is 5.82 Å². The first-order valence-corrected chi connectivity index (χ1v) is 7.35. The maximum Gasteiger partial charge on any atom is 0.163 e. The number of hydrogen-bond acceptors (Lipinski definition) is 4. The van der Waals surface area contributed by atoms with Crippen molar-refractivity contribution < 1.29 is 0 Å². The fourth-order valence-corrected chi connectivity index (χ4v) is 2.65. The molecule has 23 heavy (non-hydrogen) atoms. The molecule has 0 atom stereocenters. The summed E-state index contributed by atoms with van der Waals surface area (Å²) in [5, 5.41) is 0.860. The lowest BCUT2D eigenvalue weighted by molar-refractivity contribution is 1.21. The number of nitrogens with two attached hydrogens (primary N) is 1. The maximum atomic E-state index is 6.17. The van der Waals surface area contributed by atoms with Crippen LogP contribution >= 0.6 is 0 Å². The number of rotatable bonds is 2. The topological polar surface area (TPSA) is 64.7 Å². The standard InChI is InChI=1S/C19H14N4/c20-18-16-10-4-9-15(13-6-2-1-3-7-13)17(16)22-19(23-18)14-8-5-11-21-12-14/h1-12H,(H2,20,22,23). The van der Waals surface area contributed by atoms with Gasteiger partial charge in [-0.1, -0.05) is 42.5 Å². The van der Waals surface area contributed by atoms with Gasteiger partial charge in [0.05, 0.1) is 5.52 Å². The van der Waals surface area contributed by atoms with E-state index < -0.39 is 0 Å². The van der Waals surface area contributed by atoms with Crippen molar-refractivity contribution in [1.82, 2.24) is 15.0 Å². The number of para-hydroxylation sites is 1. The predicted molar refractivity (Wildman–Crippen MR) is 92.6 cm³/mol. The summed E-state index contributed by atoms with van der Waals surface area (Å²) in [5.74, 6) is 1.07. The third-order valence-electron chi connectivity index (χ3n) is 3.76. The monoisotopic (exact) mass is 298 g/mol. The van der Waals surface area contributed by atoms with E-state index in [1.807, 2.05) is 42.5 Å². The van der Waals surface area contributed by atoms with Crippen molar-refractivity contribution in [3.63, 3.8) is 0 Å². The fraction of sp³-hybridized carbons (Fsp3) is 0. The summed E-state index contributed by atoms with van der Waals surface area (Å²) in [6.45, 7) is 0. The quantitative estimate of drug-likeness (QED) is 0.608. The summed E-state index contributed by atoms with van der Waals surface area (Å²) in [6.07, 6.45) is 3.47. The molecule has 0 amide bonds. The summed E-state index contributed by atoms with van der Waals surface area (Å²) in [7, 11) is 0. The number of benzene rings is 2. The van der Waals surface area contributed by atoms with E-state index >= 15 is 0 Å². The van der Waals surface area contributed by atoms with Crippen LogP contribution < -0.4 is 5.73 Å². The molecular formula is C19H14N4. The van der Waals surface area contributed by atoms with Crippen molar-refractivity contribution in [2.75, 3.05) is 5.73 Å². The number of pyridine rings is 1. The Balaban J connectivity index is 2.01. The minimum atomic E-state index is 0.478. The van der Waals surface area contributed by atoms with Gasteiger partial charge in [-0.25, -0.2) is 9.97 Å². The minimum absolute atomic E-state index is 0.478. The zero-order chi connectivity index (χ0) is 15.6. The van der Waals surface area contributed by atoms with Crippen LogP contribution in [0.25, 0.3) is 33.4 Å². The Bertz CT molecular complexity index is 966. The minimum Gasteiger partial charge on any atom is -0.383 e. The van der Waals surface area contributed by atoms with Crippen molar-refractivity contribution in [3.05, 3.63) is 73.1 Å². The number of nitrogen functional groups attached to an aromatic ring is 1. The van der Waals surface area contributed by atoms with Gasteiger partial charge in [-0.2, -0.15) is 0 Å². The summed E-state index contributed by atoms with van der Waals surface area (Å²) in [6, 6.07) is 19.9. The van der Waals surface area contributed by atoms with Crippen molar-refractivity contribution >= 4 is 16.7 Å². The van der Waals surface area contributed by atoms with Crippen LogP contribution in [0.3, 0.4) is 0 Å². The second kappa shape index (κ2) is 5.50. The van der Waals surface area contributed by atoms with Gasteiger partial charge in [0.15, 0.2) is 5.82 Å². The second-order valence-corrected chi connectivity index (χ2v) is 5.24. The van der Waals surface area contributed by atoms with Crippen LogP contribution in [-0.4, -0.2) is 15.0 Å². The van der Waals surface area contributed by atoms with E-state index in [4.69, 9.17) is 10.7 Å². The third kappa shape index (κ3) is 2.40. The molecule has 0 fully saturated rings. The van der Waals surface area contributed by atoms with Gasteiger partial charge in [-0.05, 0) is 23.8 Å². The highest BCUT2D eigenvalue weighted by atomic mass is 14.9. The molecule has 4 heteroatoms. The molecule has 4 nitrogen and oxygen atoms in total. The third-order valence-corrected chi connectivity index (χ3v) is 3.76. The van der Waals surface area contributed by atoms with E-state index in [1.165, 1.54) is 0 Å². The summed E-state index contributed by atoms with van der Waals surface area (Å²) >= 11 is 0. The smallest absolute Gasteiger partial charge is 0.163 e. The number of hydrogen-bond donors (Lipinski definition) is 1. The van der Waals surface area contributed by atoms with Crippen LogP contribution in [0, 0.1) is 0 Å². The predicted octanol–water partition coefficient (Wildman–Crippen LogP) is 3.94. The van der Waals surface area contributed by atoms with Crippen molar-refractivity contribution in [1.29, 1.82) is 0 Å². The fourth-order valence-electron chi connectivity index (χ4n) is 2.65. The molecule has 0 aliphatic heterocycles. The molecule has 0 saturated heterocycles. The molecule has 2 heterocycles. The first-order valence-electron chi connectivity index (χ1n) is 7.35. The molecule has 4 aromatic rings. The Kier molecular flexibility index (Phi) is 3.20. The van der Waals surface area contributed by atoms with E-state index in [0.29, 0.717) is 11.6 Å². The average molecular weight is 298 g/mol. The molecule has 0 aliphatic carbocycles. The van der Waals surface area contributed by atoms with Crippen molar-refractivity contribution in [2.45, 2.75) is 0 Å². The van der Waals surface area contributed by atoms with E-state index in [9.17, 15) is 0 Å². The van der Waals surface area contributed by atoms with Gasteiger partial charge in [-0.15, -0.1) is 0 Å². The second-order valence-electron chi connectivity index (χ2n) is 5.24. The molecule has 0 spiro atoms. The van der Waals surface area contributed by atoms with E-state index in [1.54, 1.807) is 12.4 Å². The van der Waals surface area contributed by atoms with Crippen LogP contribution in [0.4, 0.5) is 5.82 Å². The highest BCUT2D eigenvalue weighted by Crippen LogP contribution is 2.31. The van der Waals surface area contributed by atoms with Gasteiger partial charge in [-0.3, -0.25) is 4.98 Å². The van der Waals surface area contributed by atoms with Crippen LogP contribution in [-0.2, 0) is 0 Å². The van der Waals surface area contributed by atoms with Crippen LogP contribution in [0.1, 0.15) is 0 Å². The van der Waals surface area contributed by atoms with Gasteiger partial charge >= 0.3 is 0 Å². The molecular weight excluding hydrogens is 284 g/mol. The average Bonchev–Trinajstić information content (AvgIpc) is 2.63. The van der Waals surface area contributed by atoms with Gasteiger partial charge < -0.3 is 5.73 Å². The summed E-state index contributed by atoms with van der Waals surface area (Å²) in [4.78, 5) is 13.3. The zero-order valence-corrected chi connectivity index (χ0v) is 12.3. The maximum absolute atomic E-state index is 6.17. The Labute approximate surface area is 133 Å². The van der Waals surface area contributed by atoms with Gasteiger partial charge in [0, 0.05) is 28.9 Å².